The van der Waals surface area contributed by atoms with Crippen molar-refractivity contribution in [1.82, 2.24) is 4.90 Å². The van der Waals surface area contributed by atoms with Crippen LogP contribution in [0.15, 0.2) is 23.1 Å². The molecule has 1 aliphatic rings. The van der Waals surface area contributed by atoms with Crippen LogP contribution >= 0.6 is 0 Å². The number of ether oxygens (including phenoxy) is 3. The van der Waals surface area contributed by atoms with Gasteiger partial charge in [0.05, 0.1) is 24.2 Å². The lowest BCUT2D eigenvalue weighted by Crippen LogP contribution is -2.49. The van der Waals surface area contributed by atoms with Gasteiger partial charge in [0, 0.05) is 13.1 Å². The van der Waals surface area contributed by atoms with E-state index in [2.05, 4.69) is 0 Å². The summed E-state index contributed by atoms with van der Waals surface area (Å²) in [6.45, 7) is 4.05. The van der Waals surface area contributed by atoms with E-state index in [1.54, 1.807) is 4.90 Å². The maximum absolute atomic E-state index is 12.3. The summed E-state index contributed by atoms with van der Waals surface area (Å²) in [5, 5.41) is 5.07. The van der Waals surface area contributed by atoms with Crippen molar-refractivity contribution in [2.24, 2.45) is 5.14 Å². The van der Waals surface area contributed by atoms with Crippen molar-refractivity contribution < 1.29 is 32.2 Å². The van der Waals surface area contributed by atoms with Crippen LogP contribution in [0.1, 0.15) is 24.2 Å². The maximum atomic E-state index is 12.3. The zero-order valence-corrected chi connectivity index (χ0v) is 15.6. The molecule has 2 atom stereocenters. The number of morpholine rings is 1. The van der Waals surface area contributed by atoms with Gasteiger partial charge < -0.3 is 19.1 Å². The molecule has 26 heavy (non-hydrogen) atoms. The van der Waals surface area contributed by atoms with Gasteiger partial charge in [-0.25, -0.2) is 18.4 Å². The number of nitrogens with two attached hydrogens (primary N) is 1. The van der Waals surface area contributed by atoms with Gasteiger partial charge in [0.1, 0.15) is 11.3 Å². The fourth-order valence-electron chi connectivity index (χ4n) is 2.70. The molecule has 0 saturated carbocycles. The molecular weight excluding hydrogens is 364 g/mol. The molecule has 1 aromatic rings. The van der Waals surface area contributed by atoms with E-state index in [4.69, 9.17) is 19.3 Å². The molecule has 1 heterocycles. The first-order valence-electron chi connectivity index (χ1n) is 7.93. The van der Waals surface area contributed by atoms with Crippen molar-refractivity contribution in [3.05, 3.63) is 23.8 Å². The lowest BCUT2D eigenvalue weighted by Gasteiger charge is -2.35. The van der Waals surface area contributed by atoms with Crippen LogP contribution in [0.4, 0.5) is 0 Å². The van der Waals surface area contributed by atoms with E-state index >= 15 is 0 Å². The predicted octanol–water partition coefficient (Wildman–Crippen LogP) is 0.135. The van der Waals surface area contributed by atoms with Crippen molar-refractivity contribution in [1.29, 1.82) is 0 Å². The van der Waals surface area contributed by atoms with E-state index in [-0.39, 0.29) is 34.3 Å². The topological polar surface area (TPSA) is 125 Å². The van der Waals surface area contributed by atoms with E-state index in [0.717, 1.165) is 6.07 Å². The highest BCUT2D eigenvalue weighted by molar-refractivity contribution is 7.89. The number of hydrogen-bond acceptors (Lipinski definition) is 7. The van der Waals surface area contributed by atoms with Crippen LogP contribution in [-0.4, -0.2) is 64.2 Å². The quantitative estimate of drug-likeness (QED) is 0.713. The second-order valence-electron chi connectivity index (χ2n) is 6.04. The van der Waals surface area contributed by atoms with Crippen molar-refractivity contribution >= 4 is 21.9 Å². The second kappa shape index (κ2) is 8.02. The van der Waals surface area contributed by atoms with Crippen molar-refractivity contribution in [3.63, 3.8) is 0 Å². The van der Waals surface area contributed by atoms with Gasteiger partial charge in [0.25, 0.3) is 5.91 Å². The van der Waals surface area contributed by atoms with Gasteiger partial charge in [-0.3, -0.25) is 4.79 Å². The number of rotatable bonds is 5. The van der Waals surface area contributed by atoms with E-state index in [1.165, 1.54) is 19.2 Å². The Kier molecular flexibility index (Phi) is 6.21. The first kappa shape index (κ1) is 20.1. The fraction of sp³-hybridized carbons (Fsp3) is 0.500. The average molecular weight is 386 g/mol. The van der Waals surface area contributed by atoms with Crippen LogP contribution in [0.2, 0.25) is 0 Å². The molecule has 0 radical (unpaired) electrons. The van der Waals surface area contributed by atoms with Crippen LogP contribution in [0.5, 0.6) is 5.75 Å². The van der Waals surface area contributed by atoms with E-state index in [9.17, 15) is 18.0 Å². The Balaban J connectivity index is 2.08. The van der Waals surface area contributed by atoms with Gasteiger partial charge in [-0.1, -0.05) is 0 Å². The number of amides is 1. The predicted molar refractivity (Wildman–Crippen MR) is 91.2 cm³/mol. The summed E-state index contributed by atoms with van der Waals surface area (Å²) in [4.78, 5) is 25.8. The monoisotopic (exact) mass is 386 g/mol. The molecule has 2 rings (SSSR count). The molecule has 1 saturated heterocycles. The van der Waals surface area contributed by atoms with Crippen LogP contribution in [0.25, 0.3) is 0 Å². The Morgan fingerprint density at radius 2 is 1.88 bits per heavy atom. The number of carbonyl (C=O) groups excluding carboxylic acids is 2. The zero-order chi connectivity index (χ0) is 19.5. The minimum atomic E-state index is -4.00. The molecule has 0 spiro atoms. The first-order valence-corrected chi connectivity index (χ1v) is 9.47. The highest BCUT2D eigenvalue weighted by Gasteiger charge is 2.27. The summed E-state index contributed by atoms with van der Waals surface area (Å²) < 4.78 is 38.5. The summed E-state index contributed by atoms with van der Waals surface area (Å²) in [6, 6.07) is 3.57. The third-order valence-corrected chi connectivity index (χ3v) is 4.73. The molecule has 1 amide bonds. The third-order valence-electron chi connectivity index (χ3n) is 3.82. The van der Waals surface area contributed by atoms with Gasteiger partial charge in [-0.2, -0.15) is 0 Å². The summed E-state index contributed by atoms with van der Waals surface area (Å²) in [5.41, 5.74) is -0.129. The number of methoxy groups -OCH3 is 1. The van der Waals surface area contributed by atoms with Crippen LogP contribution in [0, 0.1) is 0 Å². The zero-order valence-electron chi connectivity index (χ0n) is 14.8. The van der Waals surface area contributed by atoms with E-state index in [1.807, 2.05) is 13.8 Å². The average Bonchev–Trinajstić information content (AvgIpc) is 2.57. The Bertz CT molecular complexity index is 784. The minimum Gasteiger partial charge on any atom is -0.496 e. The number of primary sulfonamides is 1. The van der Waals surface area contributed by atoms with Crippen molar-refractivity contribution in [3.8, 4) is 5.75 Å². The molecule has 1 fully saturated rings. The van der Waals surface area contributed by atoms with E-state index in [0.29, 0.717) is 13.1 Å². The molecule has 1 aliphatic heterocycles. The SMILES string of the molecule is COc1ccc(S(N)(=O)=O)cc1C(=O)OCC(=O)N1C[C@H](C)O[C@@H](C)C1. The lowest BCUT2D eigenvalue weighted by molar-refractivity contribution is -0.146. The number of benzene rings is 1. The number of nitrogens with zero attached hydrogens (tertiary/aromatic N) is 1. The molecular formula is C16H22N2O7S. The Labute approximate surface area is 152 Å². The van der Waals surface area contributed by atoms with Crippen LogP contribution in [0.3, 0.4) is 0 Å². The molecule has 0 bridgehead atoms. The smallest absolute Gasteiger partial charge is 0.342 e. The summed E-state index contributed by atoms with van der Waals surface area (Å²) in [5.74, 6) is -1.12. The Morgan fingerprint density at radius 3 is 2.42 bits per heavy atom. The number of carbonyl (C=O) groups is 2. The largest absolute Gasteiger partial charge is 0.496 e. The minimum absolute atomic E-state index is 0.107. The number of sulfonamides is 1. The van der Waals surface area contributed by atoms with Gasteiger partial charge in [-0.15, -0.1) is 0 Å². The van der Waals surface area contributed by atoms with Gasteiger partial charge >= 0.3 is 5.97 Å². The van der Waals surface area contributed by atoms with Gasteiger partial charge in [0.2, 0.25) is 10.0 Å². The molecule has 2 N–H and O–H groups in total. The summed E-state index contributed by atoms with van der Waals surface area (Å²) in [7, 11) is -2.67. The summed E-state index contributed by atoms with van der Waals surface area (Å²) >= 11 is 0. The molecule has 0 aromatic heterocycles. The first-order chi connectivity index (χ1) is 12.1. The summed E-state index contributed by atoms with van der Waals surface area (Å²) in [6.07, 6.45) is -0.213. The van der Waals surface area contributed by atoms with Crippen molar-refractivity contribution in [2.75, 3.05) is 26.8 Å². The molecule has 10 heteroatoms. The normalized spacial score (nSPS) is 20.5. The maximum Gasteiger partial charge on any atom is 0.342 e. The lowest BCUT2D eigenvalue weighted by atomic mass is 10.2. The number of esters is 1. The molecule has 9 nitrogen and oxygen atoms in total. The third kappa shape index (κ3) is 4.93. The van der Waals surface area contributed by atoms with Gasteiger partial charge in [-0.05, 0) is 32.0 Å². The molecule has 0 unspecified atom stereocenters. The highest BCUT2D eigenvalue weighted by atomic mass is 32.2. The highest BCUT2D eigenvalue weighted by Crippen LogP contribution is 2.23. The van der Waals surface area contributed by atoms with Gasteiger partial charge in [0.15, 0.2) is 6.61 Å². The van der Waals surface area contributed by atoms with Crippen molar-refractivity contribution in [2.45, 2.75) is 31.0 Å². The molecule has 144 valence electrons. The number of hydrogen-bond donors (Lipinski definition) is 1. The van der Waals surface area contributed by atoms with Crippen LogP contribution in [-0.2, 0) is 24.3 Å². The molecule has 0 aliphatic carbocycles. The standard InChI is InChI=1S/C16H22N2O7S/c1-10-7-18(8-11(2)25-10)15(19)9-24-16(20)13-6-12(26(17,21)22)4-5-14(13)23-3/h4-6,10-11H,7-9H2,1-3H3,(H2,17,21,22)/t10-,11-/m0/s1. The second-order valence-corrected chi connectivity index (χ2v) is 7.60. The Morgan fingerprint density at radius 1 is 1.27 bits per heavy atom. The van der Waals surface area contributed by atoms with E-state index < -0.39 is 22.6 Å². The molecule has 1 aromatic carbocycles. The van der Waals surface area contributed by atoms with Crippen LogP contribution < -0.4 is 9.88 Å². The Hall–Kier alpha value is -2.17. The fourth-order valence-corrected chi connectivity index (χ4v) is 3.24.